The van der Waals surface area contributed by atoms with Crippen molar-refractivity contribution in [2.45, 2.75) is 44.0 Å². The summed E-state index contributed by atoms with van der Waals surface area (Å²) in [5.74, 6) is -1.55. The Morgan fingerprint density at radius 3 is 2.65 bits per heavy atom. The number of benzene rings is 1. The van der Waals surface area contributed by atoms with Crippen LogP contribution in [-0.4, -0.2) is 77.8 Å². The molecular formula is C21H27F4N3O3. The molecule has 0 aliphatic carbocycles. The minimum absolute atomic E-state index is 0.0197. The van der Waals surface area contributed by atoms with Gasteiger partial charge in [0.25, 0.3) is 0 Å². The molecule has 172 valence electrons. The third-order valence-corrected chi connectivity index (χ3v) is 5.77. The molecule has 0 bridgehead atoms. The quantitative estimate of drug-likeness (QED) is 0.655. The Kier molecular flexibility index (Phi) is 7.53. The van der Waals surface area contributed by atoms with E-state index in [2.05, 4.69) is 5.32 Å². The zero-order valence-electron chi connectivity index (χ0n) is 17.1. The van der Waals surface area contributed by atoms with Crippen LogP contribution in [-0.2, 0) is 16.0 Å². The summed E-state index contributed by atoms with van der Waals surface area (Å²) < 4.78 is 51.7. The van der Waals surface area contributed by atoms with Crippen molar-refractivity contribution in [3.8, 4) is 0 Å². The van der Waals surface area contributed by atoms with E-state index in [0.29, 0.717) is 19.4 Å². The molecule has 0 saturated carbocycles. The number of aliphatic hydroxyl groups is 1. The molecule has 1 aromatic rings. The van der Waals surface area contributed by atoms with Gasteiger partial charge in [-0.2, -0.15) is 13.2 Å². The van der Waals surface area contributed by atoms with Gasteiger partial charge in [0.1, 0.15) is 11.9 Å². The van der Waals surface area contributed by atoms with Gasteiger partial charge in [0, 0.05) is 26.1 Å². The fraction of sp³-hybridized carbons (Fsp3) is 0.619. The highest BCUT2D eigenvalue weighted by Crippen LogP contribution is 2.23. The Bertz CT molecular complexity index is 789. The number of β-amino-alcohol motifs (C(OH)–C–C–N with tert-alkyl or cyclic N) is 1. The van der Waals surface area contributed by atoms with Crippen LogP contribution in [0.25, 0.3) is 0 Å². The lowest BCUT2D eigenvalue weighted by Crippen LogP contribution is -2.49. The number of piperidine rings is 1. The number of aliphatic hydroxyl groups excluding tert-OH is 1. The first kappa shape index (κ1) is 23.5. The average molecular weight is 445 g/mol. The van der Waals surface area contributed by atoms with E-state index in [9.17, 15) is 32.3 Å². The van der Waals surface area contributed by atoms with Crippen molar-refractivity contribution in [3.05, 3.63) is 35.6 Å². The van der Waals surface area contributed by atoms with Gasteiger partial charge in [-0.1, -0.05) is 18.2 Å². The lowest BCUT2D eigenvalue weighted by molar-refractivity contribution is -0.149. The second-order valence-corrected chi connectivity index (χ2v) is 8.32. The van der Waals surface area contributed by atoms with E-state index >= 15 is 0 Å². The Labute approximate surface area is 178 Å². The van der Waals surface area contributed by atoms with E-state index in [0.717, 1.165) is 0 Å². The van der Waals surface area contributed by atoms with E-state index in [1.54, 1.807) is 6.07 Å². The van der Waals surface area contributed by atoms with E-state index < -0.39 is 42.5 Å². The van der Waals surface area contributed by atoms with Crippen molar-refractivity contribution >= 4 is 11.8 Å². The molecule has 1 aromatic carbocycles. The zero-order valence-corrected chi connectivity index (χ0v) is 17.1. The third kappa shape index (κ3) is 6.64. The maximum Gasteiger partial charge on any atom is 0.401 e. The summed E-state index contributed by atoms with van der Waals surface area (Å²) in [5, 5.41) is 12.7. The van der Waals surface area contributed by atoms with Crippen LogP contribution >= 0.6 is 0 Å². The van der Waals surface area contributed by atoms with Crippen molar-refractivity contribution < 1.29 is 32.3 Å². The van der Waals surface area contributed by atoms with Gasteiger partial charge in [0.05, 0.1) is 19.1 Å². The van der Waals surface area contributed by atoms with E-state index in [4.69, 9.17) is 0 Å². The summed E-state index contributed by atoms with van der Waals surface area (Å²) in [6.07, 6.45) is -3.95. The van der Waals surface area contributed by atoms with Crippen LogP contribution in [0.4, 0.5) is 17.6 Å². The highest BCUT2D eigenvalue weighted by molar-refractivity contribution is 5.89. The summed E-state index contributed by atoms with van der Waals surface area (Å²) in [6, 6.07) is 4.98. The van der Waals surface area contributed by atoms with E-state index in [1.165, 1.54) is 28.0 Å². The standard InChI is InChI=1S/C21H27F4N3O3/c22-17-6-2-1-5-15(17)8-19(30)28-12-16(29)9-18(28)20(31)26-10-14-4-3-7-27(11-14)13-21(23,24)25/h1-2,5-6,14,16,18,29H,3-4,7-13H2,(H,26,31). The number of amides is 2. The summed E-state index contributed by atoms with van der Waals surface area (Å²) in [5.41, 5.74) is 0.208. The first-order valence-corrected chi connectivity index (χ1v) is 10.4. The molecule has 2 heterocycles. The Morgan fingerprint density at radius 1 is 1.19 bits per heavy atom. The number of alkyl halides is 3. The molecule has 2 aliphatic heterocycles. The topological polar surface area (TPSA) is 72.9 Å². The monoisotopic (exact) mass is 445 g/mol. The maximum absolute atomic E-state index is 13.9. The van der Waals surface area contributed by atoms with Crippen LogP contribution in [0.1, 0.15) is 24.8 Å². The smallest absolute Gasteiger partial charge is 0.391 e. The van der Waals surface area contributed by atoms with Gasteiger partial charge in [-0.25, -0.2) is 4.39 Å². The van der Waals surface area contributed by atoms with E-state index in [-0.39, 0.29) is 44.0 Å². The van der Waals surface area contributed by atoms with Gasteiger partial charge >= 0.3 is 6.18 Å². The number of nitrogens with zero attached hydrogens (tertiary/aromatic N) is 2. The molecule has 0 aromatic heterocycles. The summed E-state index contributed by atoms with van der Waals surface area (Å²) in [4.78, 5) is 27.9. The molecular weight excluding hydrogens is 418 g/mol. The Hall–Kier alpha value is -2.20. The molecule has 2 N–H and O–H groups in total. The number of rotatable bonds is 6. The molecule has 3 unspecified atom stereocenters. The first-order chi connectivity index (χ1) is 14.6. The summed E-state index contributed by atoms with van der Waals surface area (Å²) >= 11 is 0. The summed E-state index contributed by atoms with van der Waals surface area (Å²) in [6.45, 7) is -0.173. The molecule has 0 radical (unpaired) electrons. The minimum Gasteiger partial charge on any atom is -0.391 e. The highest BCUT2D eigenvalue weighted by Gasteiger charge is 2.39. The second kappa shape index (κ2) is 9.95. The zero-order chi connectivity index (χ0) is 22.6. The van der Waals surface area contributed by atoms with Crippen LogP contribution in [0, 0.1) is 11.7 Å². The molecule has 2 aliphatic rings. The van der Waals surface area contributed by atoms with Crippen LogP contribution in [0.5, 0.6) is 0 Å². The fourth-order valence-corrected chi connectivity index (χ4v) is 4.32. The van der Waals surface area contributed by atoms with Gasteiger partial charge in [-0.3, -0.25) is 14.5 Å². The first-order valence-electron chi connectivity index (χ1n) is 10.4. The molecule has 3 rings (SSSR count). The van der Waals surface area contributed by atoms with Crippen LogP contribution in [0.3, 0.4) is 0 Å². The van der Waals surface area contributed by atoms with Gasteiger partial charge in [-0.15, -0.1) is 0 Å². The Balaban J connectivity index is 1.54. The van der Waals surface area contributed by atoms with Crippen molar-refractivity contribution in [2.24, 2.45) is 5.92 Å². The summed E-state index contributed by atoms with van der Waals surface area (Å²) in [7, 11) is 0. The average Bonchev–Trinajstić information content (AvgIpc) is 3.09. The fourth-order valence-electron chi connectivity index (χ4n) is 4.32. The number of hydrogen-bond acceptors (Lipinski definition) is 4. The molecule has 2 fully saturated rings. The van der Waals surface area contributed by atoms with Crippen molar-refractivity contribution in [1.82, 2.24) is 15.1 Å². The predicted octanol–water partition coefficient (Wildman–Crippen LogP) is 1.72. The van der Waals surface area contributed by atoms with Crippen LogP contribution < -0.4 is 5.32 Å². The number of nitrogens with one attached hydrogen (secondary N) is 1. The number of halogens is 4. The largest absolute Gasteiger partial charge is 0.401 e. The van der Waals surface area contributed by atoms with Crippen molar-refractivity contribution in [3.63, 3.8) is 0 Å². The van der Waals surface area contributed by atoms with Crippen LogP contribution in [0.2, 0.25) is 0 Å². The molecule has 0 spiro atoms. The highest BCUT2D eigenvalue weighted by atomic mass is 19.4. The lowest BCUT2D eigenvalue weighted by atomic mass is 9.97. The van der Waals surface area contributed by atoms with Gasteiger partial charge < -0.3 is 15.3 Å². The second-order valence-electron chi connectivity index (χ2n) is 8.32. The normalized spacial score (nSPS) is 24.9. The molecule has 2 saturated heterocycles. The molecule has 31 heavy (non-hydrogen) atoms. The molecule has 6 nitrogen and oxygen atoms in total. The number of carbonyl (C=O) groups is 2. The van der Waals surface area contributed by atoms with Crippen LogP contribution in [0.15, 0.2) is 24.3 Å². The van der Waals surface area contributed by atoms with Gasteiger partial charge in [0.15, 0.2) is 0 Å². The van der Waals surface area contributed by atoms with Gasteiger partial charge in [-0.05, 0) is 36.9 Å². The number of hydrogen-bond donors (Lipinski definition) is 2. The minimum atomic E-state index is -4.26. The molecule has 3 atom stereocenters. The third-order valence-electron chi connectivity index (χ3n) is 5.77. The van der Waals surface area contributed by atoms with E-state index in [1.807, 2.05) is 0 Å². The number of carbonyl (C=O) groups excluding carboxylic acids is 2. The van der Waals surface area contributed by atoms with Gasteiger partial charge in [0.2, 0.25) is 11.8 Å². The molecule has 2 amide bonds. The van der Waals surface area contributed by atoms with Crippen molar-refractivity contribution in [1.29, 1.82) is 0 Å². The predicted molar refractivity (Wildman–Crippen MR) is 104 cm³/mol. The number of likely N-dealkylation sites (tertiary alicyclic amines) is 2. The van der Waals surface area contributed by atoms with Crippen molar-refractivity contribution in [2.75, 3.05) is 32.7 Å². The molecule has 10 heteroatoms. The Morgan fingerprint density at radius 2 is 1.94 bits per heavy atom. The lowest BCUT2D eigenvalue weighted by Gasteiger charge is -2.33. The SMILES string of the molecule is O=C(NCC1CCCN(CC(F)(F)F)C1)C1CC(O)CN1C(=O)Cc1ccccc1F. The maximum atomic E-state index is 13.9.